The molecule has 0 aliphatic heterocycles. The molecule has 1 aliphatic rings. The van der Waals surface area contributed by atoms with Gasteiger partial charge in [0.15, 0.2) is 0 Å². The fourth-order valence-electron chi connectivity index (χ4n) is 2.16. The van der Waals surface area contributed by atoms with Gasteiger partial charge in [-0.2, -0.15) is 0 Å². The molecule has 1 atom stereocenters. The Kier molecular flexibility index (Phi) is 2.71. The van der Waals surface area contributed by atoms with Crippen LogP contribution in [0.25, 0.3) is 0 Å². The van der Waals surface area contributed by atoms with Crippen LogP contribution in [0.4, 0.5) is 0 Å². The first-order chi connectivity index (χ1) is 6.61. The molecule has 1 heterocycles. The Hall–Kier alpha value is -0.280. The van der Waals surface area contributed by atoms with Crippen LogP contribution in [0.3, 0.4) is 0 Å². The highest BCUT2D eigenvalue weighted by atomic mass is 79.9. The fraction of sp³-hybridized carbons (Fsp3) is 0.636. The smallest absolute Gasteiger partial charge is 0.0884 e. The molecule has 0 radical (unpaired) electrons. The van der Waals surface area contributed by atoms with E-state index in [1.165, 1.54) is 28.6 Å². The second-order valence-corrected chi connectivity index (χ2v) is 5.10. The van der Waals surface area contributed by atoms with Gasteiger partial charge in [-0.3, -0.25) is 0 Å². The van der Waals surface area contributed by atoms with Gasteiger partial charge in [-0.15, -0.1) is 0 Å². The van der Waals surface area contributed by atoms with Gasteiger partial charge in [0.2, 0.25) is 0 Å². The van der Waals surface area contributed by atoms with Gasteiger partial charge in [-0.05, 0) is 60.2 Å². The Morgan fingerprint density at radius 1 is 1.57 bits per heavy atom. The summed E-state index contributed by atoms with van der Waals surface area (Å²) < 4.78 is 3.51. The van der Waals surface area contributed by atoms with Crippen molar-refractivity contribution in [2.75, 3.05) is 0 Å². The van der Waals surface area contributed by atoms with E-state index in [1.54, 1.807) is 0 Å². The van der Waals surface area contributed by atoms with E-state index >= 15 is 0 Å². The van der Waals surface area contributed by atoms with Gasteiger partial charge in [0.25, 0.3) is 0 Å². The number of aromatic nitrogens is 1. The highest BCUT2D eigenvalue weighted by Gasteiger charge is 2.23. The summed E-state index contributed by atoms with van der Waals surface area (Å²) in [5.74, 6) is 0. The predicted octanol–water partition coefficient (Wildman–Crippen LogP) is 3.17. The second-order valence-electron chi connectivity index (χ2n) is 4.35. The van der Waals surface area contributed by atoms with Crippen molar-refractivity contribution in [1.29, 1.82) is 0 Å². The first kappa shape index (κ1) is 10.2. The van der Waals surface area contributed by atoms with Gasteiger partial charge in [0.05, 0.1) is 4.60 Å². The summed E-state index contributed by atoms with van der Waals surface area (Å²) in [7, 11) is 0. The zero-order valence-electron chi connectivity index (χ0n) is 8.76. The average molecular weight is 257 g/mol. The zero-order chi connectivity index (χ0) is 10.3. The first-order valence-electron chi connectivity index (χ1n) is 5.26. The first-order valence-corrected chi connectivity index (χ1v) is 6.05. The average Bonchev–Trinajstić information content (AvgIpc) is 2.46. The molecule has 0 fully saturated rings. The van der Waals surface area contributed by atoms with Crippen molar-refractivity contribution in [2.24, 2.45) is 5.73 Å². The molecule has 1 unspecified atom stereocenters. The summed E-state index contributed by atoms with van der Waals surface area (Å²) >= 11 is 3.67. The molecule has 0 saturated heterocycles. The summed E-state index contributed by atoms with van der Waals surface area (Å²) in [6, 6.07) is 0.747. The molecular weight excluding hydrogens is 240 g/mol. The number of nitrogens with zero attached hydrogens (tertiary/aromatic N) is 1. The minimum atomic E-state index is 0.245. The molecule has 14 heavy (non-hydrogen) atoms. The van der Waals surface area contributed by atoms with Crippen molar-refractivity contribution >= 4 is 15.9 Å². The van der Waals surface area contributed by atoms with Crippen molar-refractivity contribution < 1.29 is 0 Å². The molecule has 2 nitrogen and oxygen atoms in total. The van der Waals surface area contributed by atoms with Crippen molar-refractivity contribution in [3.63, 3.8) is 0 Å². The monoisotopic (exact) mass is 256 g/mol. The lowest BCUT2D eigenvalue weighted by molar-refractivity contribution is 0.572. The molecule has 0 spiro atoms. The third kappa shape index (κ3) is 1.52. The lowest BCUT2D eigenvalue weighted by atomic mass is 9.92. The summed E-state index contributed by atoms with van der Waals surface area (Å²) in [6.07, 6.45) is 5.73. The van der Waals surface area contributed by atoms with E-state index in [4.69, 9.17) is 5.73 Å². The molecule has 2 rings (SSSR count). The van der Waals surface area contributed by atoms with E-state index in [2.05, 4.69) is 40.5 Å². The largest absolute Gasteiger partial charge is 0.339 e. The third-order valence-corrected chi connectivity index (χ3v) is 3.89. The van der Waals surface area contributed by atoms with Crippen LogP contribution in [0.1, 0.15) is 49.9 Å². The Morgan fingerprint density at radius 3 is 2.86 bits per heavy atom. The molecule has 1 aromatic heterocycles. The molecule has 0 amide bonds. The van der Waals surface area contributed by atoms with Crippen molar-refractivity contribution in [2.45, 2.75) is 45.2 Å². The number of hydrogen-bond acceptors (Lipinski definition) is 1. The van der Waals surface area contributed by atoms with E-state index in [-0.39, 0.29) is 6.04 Å². The molecule has 0 bridgehead atoms. The maximum absolute atomic E-state index is 6.09. The number of rotatable bonds is 1. The molecule has 2 N–H and O–H groups in total. The lowest BCUT2D eigenvalue weighted by Gasteiger charge is -2.18. The lowest BCUT2D eigenvalue weighted by Crippen LogP contribution is -2.15. The molecule has 1 aromatic rings. The number of fused-ring (bicyclic) bond motifs is 1. The number of hydrogen-bond donors (Lipinski definition) is 1. The topological polar surface area (TPSA) is 30.9 Å². The van der Waals surface area contributed by atoms with Gasteiger partial charge in [-0.1, -0.05) is 0 Å². The minimum Gasteiger partial charge on any atom is -0.339 e. The maximum atomic E-state index is 6.09. The summed E-state index contributed by atoms with van der Waals surface area (Å²) in [5.41, 5.74) is 8.87. The summed E-state index contributed by atoms with van der Waals surface area (Å²) in [4.78, 5) is 0. The highest BCUT2D eigenvalue weighted by molar-refractivity contribution is 9.10. The predicted molar refractivity (Wildman–Crippen MR) is 62.4 cm³/mol. The highest BCUT2D eigenvalue weighted by Crippen LogP contribution is 2.35. The van der Waals surface area contributed by atoms with Crippen LogP contribution < -0.4 is 5.73 Å². The molecule has 78 valence electrons. The standard InChI is InChI=1S/C11H17BrN2/c1-7(2)14-6-9-8(11(14)12)4-3-5-10(9)13/h6-7,10H,3-5,13H2,1-2H3. The van der Waals surface area contributed by atoms with Crippen LogP contribution in [0, 0.1) is 0 Å². The van der Waals surface area contributed by atoms with Gasteiger partial charge in [0.1, 0.15) is 0 Å². The van der Waals surface area contributed by atoms with E-state index in [1.807, 2.05) is 0 Å². The quantitative estimate of drug-likeness (QED) is 0.823. The van der Waals surface area contributed by atoms with Crippen molar-refractivity contribution in [1.82, 2.24) is 4.57 Å². The molecular formula is C11H17BrN2. The van der Waals surface area contributed by atoms with E-state index in [0.717, 1.165) is 6.42 Å². The molecule has 0 aromatic carbocycles. The van der Waals surface area contributed by atoms with Crippen LogP contribution in [0.5, 0.6) is 0 Å². The van der Waals surface area contributed by atoms with Gasteiger partial charge in [-0.25, -0.2) is 0 Å². The summed E-state index contributed by atoms with van der Waals surface area (Å²) in [5, 5.41) is 0. The van der Waals surface area contributed by atoms with Crippen LogP contribution in [0.15, 0.2) is 10.8 Å². The fourth-order valence-corrected chi connectivity index (χ4v) is 3.10. The van der Waals surface area contributed by atoms with Gasteiger partial charge >= 0.3 is 0 Å². The molecule has 1 aliphatic carbocycles. The third-order valence-electron chi connectivity index (χ3n) is 3.00. The van der Waals surface area contributed by atoms with Gasteiger partial charge in [0, 0.05) is 18.3 Å². The van der Waals surface area contributed by atoms with Crippen molar-refractivity contribution in [3.05, 3.63) is 21.9 Å². The Labute approximate surface area is 93.6 Å². The normalized spacial score (nSPS) is 21.4. The zero-order valence-corrected chi connectivity index (χ0v) is 10.3. The van der Waals surface area contributed by atoms with Gasteiger partial charge < -0.3 is 10.3 Å². The minimum absolute atomic E-state index is 0.245. The van der Waals surface area contributed by atoms with E-state index < -0.39 is 0 Å². The second kappa shape index (κ2) is 3.70. The Bertz CT molecular complexity index is 341. The molecule has 0 saturated carbocycles. The molecule has 3 heteroatoms. The number of nitrogens with two attached hydrogens (primary N) is 1. The van der Waals surface area contributed by atoms with Crippen LogP contribution in [-0.4, -0.2) is 4.57 Å². The van der Waals surface area contributed by atoms with Crippen LogP contribution in [-0.2, 0) is 6.42 Å². The van der Waals surface area contributed by atoms with E-state index in [0.29, 0.717) is 6.04 Å². The maximum Gasteiger partial charge on any atom is 0.0884 e. The Morgan fingerprint density at radius 2 is 2.29 bits per heavy atom. The SMILES string of the molecule is CC(C)n1cc2c(c1Br)CCCC2N. The van der Waals surface area contributed by atoms with Crippen LogP contribution >= 0.6 is 15.9 Å². The summed E-state index contributed by atoms with van der Waals surface area (Å²) in [6.45, 7) is 4.39. The Balaban J connectivity index is 2.49. The van der Waals surface area contributed by atoms with E-state index in [9.17, 15) is 0 Å². The van der Waals surface area contributed by atoms with Crippen molar-refractivity contribution in [3.8, 4) is 0 Å². The van der Waals surface area contributed by atoms with Crippen LogP contribution in [0.2, 0.25) is 0 Å². The number of halogens is 1.